The summed E-state index contributed by atoms with van der Waals surface area (Å²) >= 11 is 0. The molecular formula is C13H21N3O2. The minimum absolute atomic E-state index is 0.0311. The maximum atomic E-state index is 11.9. The van der Waals surface area contributed by atoms with Crippen LogP contribution in [0.2, 0.25) is 0 Å². The van der Waals surface area contributed by atoms with Crippen LogP contribution in [0.3, 0.4) is 0 Å². The largest absolute Gasteiger partial charge is 0.397 e. The van der Waals surface area contributed by atoms with Crippen LogP contribution >= 0.6 is 0 Å². The lowest BCUT2D eigenvalue weighted by Gasteiger charge is -2.22. The van der Waals surface area contributed by atoms with Gasteiger partial charge in [-0.2, -0.15) is 0 Å². The summed E-state index contributed by atoms with van der Waals surface area (Å²) in [4.78, 5) is 15.4. The van der Waals surface area contributed by atoms with E-state index in [4.69, 9.17) is 10.5 Å². The van der Waals surface area contributed by atoms with Gasteiger partial charge in [0.15, 0.2) is 0 Å². The van der Waals surface area contributed by atoms with Crippen molar-refractivity contribution in [2.75, 3.05) is 52.0 Å². The summed E-state index contributed by atoms with van der Waals surface area (Å²) in [7, 11) is 7.04. The van der Waals surface area contributed by atoms with Crippen LogP contribution in [0.15, 0.2) is 18.2 Å². The van der Waals surface area contributed by atoms with E-state index in [1.54, 1.807) is 38.2 Å². The Kier molecular flexibility index (Phi) is 4.97. The van der Waals surface area contributed by atoms with Crippen molar-refractivity contribution >= 4 is 17.3 Å². The molecular weight excluding hydrogens is 230 g/mol. The van der Waals surface area contributed by atoms with Crippen LogP contribution in [-0.4, -0.2) is 52.2 Å². The number of anilines is 2. The Bertz CT molecular complexity index is 419. The molecule has 0 bridgehead atoms. The molecule has 0 saturated heterocycles. The minimum Gasteiger partial charge on any atom is -0.397 e. The zero-order valence-corrected chi connectivity index (χ0v) is 11.4. The van der Waals surface area contributed by atoms with E-state index in [9.17, 15) is 4.79 Å². The van der Waals surface area contributed by atoms with Crippen molar-refractivity contribution in [2.24, 2.45) is 0 Å². The van der Waals surface area contributed by atoms with Crippen LogP contribution in [-0.2, 0) is 4.74 Å². The Hall–Kier alpha value is -1.75. The molecule has 100 valence electrons. The number of amides is 1. The maximum Gasteiger partial charge on any atom is 0.253 e. The summed E-state index contributed by atoms with van der Waals surface area (Å²) in [6.07, 6.45) is 0. The second kappa shape index (κ2) is 6.26. The van der Waals surface area contributed by atoms with Crippen LogP contribution in [0.25, 0.3) is 0 Å². The number of hydrogen-bond donors (Lipinski definition) is 1. The molecule has 1 rings (SSSR count). The molecule has 0 aliphatic carbocycles. The van der Waals surface area contributed by atoms with E-state index in [0.717, 1.165) is 12.2 Å². The summed E-state index contributed by atoms with van der Waals surface area (Å²) in [5, 5.41) is 0. The second-order valence-corrected chi connectivity index (χ2v) is 4.39. The van der Waals surface area contributed by atoms with Gasteiger partial charge >= 0.3 is 0 Å². The van der Waals surface area contributed by atoms with Gasteiger partial charge in [-0.05, 0) is 18.2 Å². The van der Waals surface area contributed by atoms with E-state index in [-0.39, 0.29) is 5.91 Å². The number of ether oxygens (including phenoxy) is 1. The normalized spacial score (nSPS) is 10.2. The number of nitrogen functional groups attached to an aromatic ring is 1. The lowest BCUT2D eigenvalue weighted by atomic mass is 10.1. The Morgan fingerprint density at radius 2 is 2.00 bits per heavy atom. The number of benzene rings is 1. The number of methoxy groups -OCH3 is 1. The van der Waals surface area contributed by atoms with Gasteiger partial charge in [-0.3, -0.25) is 4.79 Å². The first kappa shape index (κ1) is 14.3. The molecule has 0 heterocycles. The minimum atomic E-state index is -0.0311. The number of nitrogens with zero attached hydrogens (tertiary/aromatic N) is 2. The number of rotatable bonds is 5. The summed E-state index contributed by atoms with van der Waals surface area (Å²) in [6.45, 7) is 1.34. The lowest BCUT2D eigenvalue weighted by Crippen LogP contribution is -2.25. The third-order valence-electron chi connectivity index (χ3n) is 2.73. The molecule has 1 aromatic rings. The van der Waals surface area contributed by atoms with Gasteiger partial charge in [0.25, 0.3) is 5.91 Å². The fourth-order valence-electron chi connectivity index (χ4n) is 1.61. The maximum absolute atomic E-state index is 11.9. The van der Waals surface area contributed by atoms with Crippen molar-refractivity contribution in [2.45, 2.75) is 0 Å². The molecule has 0 aliphatic rings. The Labute approximate surface area is 108 Å². The van der Waals surface area contributed by atoms with Crippen molar-refractivity contribution in [1.82, 2.24) is 4.90 Å². The Morgan fingerprint density at radius 3 is 2.56 bits per heavy atom. The molecule has 2 N–H and O–H groups in total. The molecule has 0 fully saturated rings. The highest BCUT2D eigenvalue weighted by Crippen LogP contribution is 2.23. The lowest BCUT2D eigenvalue weighted by molar-refractivity contribution is 0.0827. The van der Waals surface area contributed by atoms with E-state index in [1.165, 1.54) is 0 Å². The van der Waals surface area contributed by atoms with E-state index in [2.05, 4.69) is 0 Å². The number of carbonyl (C=O) groups is 1. The standard InChI is InChI=1S/C13H21N3O2/c1-15(2)13(17)10-5-6-11(14)12(9-10)16(3)7-8-18-4/h5-6,9H,7-8,14H2,1-4H3. The van der Waals surface area contributed by atoms with Crippen LogP contribution in [0.4, 0.5) is 11.4 Å². The zero-order valence-electron chi connectivity index (χ0n) is 11.4. The van der Waals surface area contributed by atoms with Crippen molar-refractivity contribution in [3.8, 4) is 0 Å². The molecule has 5 heteroatoms. The van der Waals surface area contributed by atoms with Crippen molar-refractivity contribution in [1.29, 1.82) is 0 Å². The van der Waals surface area contributed by atoms with Crippen LogP contribution in [0, 0.1) is 0 Å². The van der Waals surface area contributed by atoms with Gasteiger partial charge in [-0.25, -0.2) is 0 Å². The highest BCUT2D eigenvalue weighted by Gasteiger charge is 2.12. The summed E-state index contributed by atoms with van der Waals surface area (Å²) in [5.41, 5.74) is 8.07. The number of carbonyl (C=O) groups excluding carboxylic acids is 1. The van der Waals surface area contributed by atoms with Crippen molar-refractivity contribution in [3.63, 3.8) is 0 Å². The average molecular weight is 251 g/mol. The molecule has 1 aromatic carbocycles. The van der Waals surface area contributed by atoms with Crippen LogP contribution in [0.1, 0.15) is 10.4 Å². The first-order valence-corrected chi connectivity index (χ1v) is 5.78. The molecule has 18 heavy (non-hydrogen) atoms. The molecule has 0 saturated carbocycles. The fraction of sp³-hybridized carbons (Fsp3) is 0.462. The molecule has 0 spiro atoms. The molecule has 0 aliphatic heterocycles. The molecule has 0 aromatic heterocycles. The van der Waals surface area contributed by atoms with Crippen LogP contribution in [0.5, 0.6) is 0 Å². The predicted molar refractivity (Wildman–Crippen MR) is 74.0 cm³/mol. The van der Waals surface area contributed by atoms with Gasteiger partial charge in [0.1, 0.15) is 0 Å². The predicted octanol–water partition coefficient (Wildman–Crippen LogP) is 1.05. The van der Waals surface area contributed by atoms with E-state index in [1.807, 2.05) is 18.0 Å². The number of likely N-dealkylation sites (N-methyl/N-ethyl adjacent to an activating group) is 1. The second-order valence-electron chi connectivity index (χ2n) is 4.39. The summed E-state index contributed by atoms with van der Waals surface area (Å²) in [6, 6.07) is 5.31. The van der Waals surface area contributed by atoms with E-state index < -0.39 is 0 Å². The van der Waals surface area contributed by atoms with Crippen molar-refractivity contribution < 1.29 is 9.53 Å². The Balaban J connectivity index is 2.97. The zero-order chi connectivity index (χ0) is 13.7. The quantitative estimate of drug-likeness (QED) is 0.795. The molecule has 0 atom stereocenters. The molecule has 1 amide bonds. The van der Waals surface area contributed by atoms with Gasteiger partial charge in [0, 0.05) is 40.4 Å². The third-order valence-corrected chi connectivity index (χ3v) is 2.73. The van der Waals surface area contributed by atoms with Gasteiger partial charge in [0.2, 0.25) is 0 Å². The van der Waals surface area contributed by atoms with Crippen molar-refractivity contribution in [3.05, 3.63) is 23.8 Å². The highest BCUT2D eigenvalue weighted by atomic mass is 16.5. The van der Waals surface area contributed by atoms with E-state index >= 15 is 0 Å². The number of hydrogen-bond acceptors (Lipinski definition) is 4. The first-order valence-electron chi connectivity index (χ1n) is 5.78. The first-order chi connectivity index (χ1) is 8.47. The topological polar surface area (TPSA) is 58.8 Å². The van der Waals surface area contributed by atoms with Gasteiger partial charge < -0.3 is 20.3 Å². The summed E-state index contributed by atoms with van der Waals surface area (Å²) < 4.78 is 5.03. The smallest absolute Gasteiger partial charge is 0.253 e. The number of nitrogens with two attached hydrogens (primary N) is 1. The Morgan fingerprint density at radius 1 is 1.33 bits per heavy atom. The van der Waals surface area contributed by atoms with Gasteiger partial charge in [-0.15, -0.1) is 0 Å². The monoisotopic (exact) mass is 251 g/mol. The third kappa shape index (κ3) is 3.37. The SMILES string of the molecule is COCCN(C)c1cc(C(=O)N(C)C)ccc1N. The van der Waals surface area contributed by atoms with Gasteiger partial charge in [0.05, 0.1) is 18.0 Å². The average Bonchev–Trinajstić information content (AvgIpc) is 2.35. The molecule has 5 nitrogen and oxygen atoms in total. The molecule has 0 radical (unpaired) electrons. The molecule has 0 unspecified atom stereocenters. The highest BCUT2D eigenvalue weighted by molar-refractivity contribution is 5.96. The van der Waals surface area contributed by atoms with Gasteiger partial charge in [-0.1, -0.05) is 0 Å². The van der Waals surface area contributed by atoms with Crippen LogP contribution < -0.4 is 10.6 Å². The van der Waals surface area contributed by atoms with E-state index in [0.29, 0.717) is 17.9 Å². The fourth-order valence-corrected chi connectivity index (χ4v) is 1.61. The summed E-state index contributed by atoms with van der Waals surface area (Å²) in [5.74, 6) is -0.0311.